The van der Waals surface area contributed by atoms with Crippen LogP contribution in [0.1, 0.15) is 18.9 Å². The van der Waals surface area contributed by atoms with Crippen LogP contribution in [0.5, 0.6) is 5.75 Å². The smallest absolute Gasteiger partial charge is 0.167 e. The first-order chi connectivity index (χ1) is 5.73. The van der Waals surface area contributed by atoms with E-state index in [4.69, 9.17) is 4.74 Å². The van der Waals surface area contributed by atoms with E-state index in [1.807, 2.05) is 12.1 Å². The summed E-state index contributed by atoms with van der Waals surface area (Å²) in [6, 6.07) is 8.20. The van der Waals surface area contributed by atoms with Crippen molar-refractivity contribution >= 4 is 15.9 Å². The molecule has 1 unspecified atom stereocenters. The highest BCUT2D eigenvalue weighted by Gasteiger charge is 2.34. The van der Waals surface area contributed by atoms with Gasteiger partial charge >= 0.3 is 0 Å². The molecule has 1 aromatic carbocycles. The molecule has 2 heteroatoms. The van der Waals surface area contributed by atoms with E-state index < -0.39 is 0 Å². The molecule has 0 fully saturated rings. The molecule has 0 aromatic heterocycles. The van der Waals surface area contributed by atoms with Gasteiger partial charge in [0.2, 0.25) is 0 Å². The van der Waals surface area contributed by atoms with Gasteiger partial charge in [0.25, 0.3) is 0 Å². The summed E-state index contributed by atoms with van der Waals surface area (Å²) in [5.74, 6) is 1.02. The van der Waals surface area contributed by atoms with E-state index in [2.05, 4.69) is 35.0 Å². The van der Waals surface area contributed by atoms with Crippen molar-refractivity contribution in [3.63, 3.8) is 0 Å². The zero-order chi connectivity index (χ0) is 8.60. The Labute approximate surface area is 80.9 Å². The summed E-state index contributed by atoms with van der Waals surface area (Å²) in [5, 5.41) is 0. The van der Waals surface area contributed by atoms with Gasteiger partial charge < -0.3 is 4.74 Å². The third-order valence-electron chi connectivity index (χ3n) is 2.25. The number of fused-ring (bicyclic) bond motifs is 1. The normalized spacial score (nSPS) is 26.5. The van der Waals surface area contributed by atoms with Crippen LogP contribution in [-0.2, 0) is 6.42 Å². The van der Waals surface area contributed by atoms with E-state index >= 15 is 0 Å². The molecule has 0 radical (unpaired) electrons. The van der Waals surface area contributed by atoms with Crippen molar-refractivity contribution in [3.05, 3.63) is 29.8 Å². The molecule has 0 saturated heterocycles. The van der Waals surface area contributed by atoms with Gasteiger partial charge in [-0.15, -0.1) is 0 Å². The minimum Gasteiger partial charge on any atom is -0.475 e. The molecular formula is C10H11BrO. The van der Waals surface area contributed by atoms with E-state index in [0.717, 1.165) is 18.6 Å². The van der Waals surface area contributed by atoms with Gasteiger partial charge in [-0.05, 0) is 34.0 Å². The van der Waals surface area contributed by atoms with Crippen molar-refractivity contribution in [2.24, 2.45) is 0 Å². The van der Waals surface area contributed by atoms with E-state index in [9.17, 15) is 0 Å². The Morgan fingerprint density at radius 1 is 1.50 bits per heavy atom. The lowest BCUT2D eigenvalue weighted by Crippen LogP contribution is -2.24. The standard InChI is InChI=1S/C10H11BrO/c1-2-10(11)7-8-5-3-4-6-9(8)12-10/h3-6H,2,7H2,1H3. The minimum absolute atomic E-state index is 0.142. The van der Waals surface area contributed by atoms with Gasteiger partial charge in [-0.3, -0.25) is 0 Å². The van der Waals surface area contributed by atoms with Crippen molar-refractivity contribution in [2.45, 2.75) is 24.3 Å². The number of para-hydroxylation sites is 1. The molecule has 1 aliphatic rings. The fourth-order valence-electron chi connectivity index (χ4n) is 1.46. The van der Waals surface area contributed by atoms with Crippen LogP contribution in [0.4, 0.5) is 0 Å². The maximum absolute atomic E-state index is 5.76. The van der Waals surface area contributed by atoms with Gasteiger partial charge in [-0.2, -0.15) is 0 Å². The summed E-state index contributed by atoms with van der Waals surface area (Å²) in [6.07, 6.45) is 1.96. The van der Waals surface area contributed by atoms with Crippen molar-refractivity contribution in [2.75, 3.05) is 0 Å². The summed E-state index contributed by atoms with van der Waals surface area (Å²) >= 11 is 3.60. The molecule has 1 atom stereocenters. The Morgan fingerprint density at radius 2 is 2.25 bits per heavy atom. The molecule has 0 spiro atoms. The Kier molecular flexibility index (Phi) is 1.87. The van der Waals surface area contributed by atoms with Gasteiger partial charge in [0.05, 0.1) is 0 Å². The van der Waals surface area contributed by atoms with Crippen LogP contribution in [0.2, 0.25) is 0 Å². The Hall–Kier alpha value is -0.500. The fourth-order valence-corrected chi connectivity index (χ4v) is 1.94. The van der Waals surface area contributed by atoms with Crippen molar-refractivity contribution < 1.29 is 4.74 Å². The lowest BCUT2D eigenvalue weighted by Gasteiger charge is -2.18. The molecule has 0 saturated carbocycles. The molecule has 1 nitrogen and oxygen atoms in total. The van der Waals surface area contributed by atoms with Crippen LogP contribution in [0, 0.1) is 0 Å². The number of halogens is 1. The fraction of sp³-hybridized carbons (Fsp3) is 0.400. The van der Waals surface area contributed by atoms with E-state index in [0.29, 0.717) is 0 Å². The molecule has 1 aliphatic heterocycles. The number of ether oxygens (including phenoxy) is 1. The number of alkyl halides is 1. The van der Waals surface area contributed by atoms with Crippen LogP contribution in [0.3, 0.4) is 0 Å². The second-order valence-electron chi connectivity index (χ2n) is 3.12. The monoisotopic (exact) mass is 226 g/mol. The summed E-state index contributed by atoms with van der Waals surface area (Å²) in [5.41, 5.74) is 1.30. The van der Waals surface area contributed by atoms with Crippen LogP contribution in [-0.4, -0.2) is 4.51 Å². The molecule has 12 heavy (non-hydrogen) atoms. The summed E-state index contributed by atoms with van der Waals surface area (Å²) < 4.78 is 5.62. The second-order valence-corrected chi connectivity index (χ2v) is 4.57. The number of rotatable bonds is 1. The zero-order valence-corrected chi connectivity index (χ0v) is 8.60. The van der Waals surface area contributed by atoms with Gasteiger partial charge in [0.15, 0.2) is 4.51 Å². The zero-order valence-electron chi connectivity index (χ0n) is 7.01. The predicted molar refractivity (Wildman–Crippen MR) is 52.7 cm³/mol. The average Bonchev–Trinajstić information content (AvgIpc) is 2.42. The highest BCUT2D eigenvalue weighted by Crippen LogP contribution is 2.40. The maximum atomic E-state index is 5.76. The first kappa shape index (κ1) is 8.11. The van der Waals surface area contributed by atoms with Gasteiger partial charge in [-0.1, -0.05) is 25.1 Å². The quantitative estimate of drug-likeness (QED) is 0.669. The molecule has 0 aliphatic carbocycles. The third-order valence-corrected chi connectivity index (χ3v) is 3.25. The third kappa shape index (κ3) is 1.24. The molecule has 1 aromatic rings. The van der Waals surface area contributed by atoms with E-state index in [1.165, 1.54) is 5.56 Å². The number of benzene rings is 1. The second kappa shape index (κ2) is 2.77. The average molecular weight is 227 g/mol. The summed E-state index contributed by atoms with van der Waals surface area (Å²) in [4.78, 5) is 0. The first-order valence-corrected chi connectivity index (χ1v) is 4.99. The molecule has 0 N–H and O–H groups in total. The maximum Gasteiger partial charge on any atom is 0.167 e. The minimum atomic E-state index is -0.142. The Balaban J connectivity index is 2.33. The lowest BCUT2D eigenvalue weighted by molar-refractivity contribution is 0.199. The topological polar surface area (TPSA) is 9.23 Å². The molecule has 1 heterocycles. The van der Waals surface area contributed by atoms with Crippen LogP contribution in [0.15, 0.2) is 24.3 Å². The van der Waals surface area contributed by atoms with Gasteiger partial charge in [0.1, 0.15) is 5.75 Å². The summed E-state index contributed by atoms with van der Waals surface area (Å²) in [6.45, 7) is 2.13. The predicted octanol–water partition coefficient (Wildman–Crippen LogP) is 3.12. The van der Waals surface area contributed by atoms with Crippen LogP contribution in [0.25, 0.3) is 0 Å². The first-order valence-electron chi connectivity index (χ1n) is 4.19. The van der Waals surface area contributed by atoms with E-state index in [1.54, 1.807) is 0 Å². The lowest BCUT2D eigenvalue weighted by atomic mass is 10.1. The number of hydrogen-bond acceptors (Lipinski definition) is 1. The highest BCUT2D eigenvalue weighted by atomic mass is 79.9. The summed E-state index contributed by atoms with van der Waals surface area (Å²) in [7, 11) is 0. The highest BCUT2D eigenvalue weighted by molar-refractivity contribution is 9.10. The molecule has 64 valence electrons. The Morgan fingerprint density at radius 3 is 2.92 bits per heavy atom. The Bertz CT molecular complexity index is 271. The van der Waals surface area contributed by atoms with Gasteiger partial charge in [0, 0.05) is 6.42 Å². The molecular weight excluding hydrogens is 216 g/mol. The van der Waals surface area contributed by atoms with Crippen LogP contribution >= 0.6 is 15.9 Å². The largest absolute Gasteiger partial charge is 0.475 e. The SMILES string of the molecule is CCC1(Br)Cc2ccccc2O1. The van der Waals surface area contributed by atoms with Crippen LogP contribution < -0.4 is 4.74 Å². The van der Waals surface area contributed by atoms with Crippen molar-refractivity contribution in [1.29, 1.82) is 0 Å². The van der Waals surface area contributed by atoms with Gasteiger partial charge in [-0.25, -0.2) is 0 Å². The number of hydrogen-bond donors (Lipinski definition) is 0. The molecule has 0 amide bonds. The van der Waals surface area contributed by atoms with Crippen molar-refractivity contribution in [1.82, 2.24) is 0 Å². The molecule has 0 bridgehead atoms. The van der Waals surface area contributed by atoms with E-state index in [-0.39, 0.29) is 4.51 Å². The van der Waals surface area contributed by atoms with Crippen molar-refractivity contribution in [3.8, 4) is 5.75 Å². The molecule has 2 rings (SSSR count).